The van der Waals surface area contributed by atoms with Crippen LogP contribution >= 0.6 is 11.6 Å². The molecule has 166 valence electrons. The molecule has 1 aliphatic heterocycles. The quantitative estimate of drug-likeness (QED) is 0.453. The van der Waals surface area contributed by atoms with Crippen LogP contribution in [0.2, 0.25) is 5.15 Å². The van der Waals surface area contributed by atoms with Gasteiger partial charge in [-0.2, -0.15) is 10.1 Å². The molecule has 9 nitrogen and oxygen atoms in total. The predicted molar refractivity (Wildman–Crippen MR) is 123 cm³/mol. The van der Waals surface area contributed by atoms with Crippen LogP contribution in [0.3, 0.4) is 0 Å². The van der Waals surface area contributed by atoms with Crippen LogP contribution in [0.1, 0.15) is 49.8 Å². The number of hydrogen-bond donors (Lipinski definition) is 3. The molecule has 0 spiro atoms. The zero-order chi connectivity index (χ0) is 21.8. The number of nitrogens with zero attached hydrogens (tertiary/aromatic N) is 5. The van der Waals surface area contributed by atoms with Gasteiger partial charge in [-0.25, -0.2) is 4.98 Å². The Hall–Kier alpha value is -2.65. The van der Waals surface area contributed by atoms with Gasteiger partial charge in [0.2, 0.25) is 5.95 Å². The summed E-state index contributed by atoms with van der Waals surface area (Å²) >= 11 is 6.39. The molecule has 4 N–H and O–H groups in total. The number of anilines is 2. The summed E-state index contributed by atoms with van der Waals surface area (Å²) in [4.78, 5) is 13.4. The van der Waals surface area contributed by atoms with Gasteiger partial charge in [0.1, 0.15) is 22.5 Å². The maximum absolute atomic E-state index is 6.39. The largest absolute Gasteiger partial charge is 0.495 e. The SMILES string of the molecule is CCCCNc1nc(N)nc2c(Cl)nn(Cc3ncc(C4CCNCC4)cc3OC)c12. The Kier molecular flexibility index (Phi) is 6.72. The second kappa shape index (κ2) is 9.65. The number of nitrogens with one attached hydrogen (secondary N) is 2. The van der Waals surface area contributed by atoms with E-state index in [2.05, 4.69) is 38.7 Å². The number of unbranched alkanes of at least 4 members (excludes halogenated alkanes) is 1. The van der Waals surface area contributed by atoms with E-state index in [4.69, 9.17) is 27.1 Å². The molecule has 0 radical (unpaired) electrons. The van der Waals surface area contributed by atoms with Crippen molar-refractivity contribution in [2.45, 2.75) is 45.1 Å². The minimum absolute atomic E-state index is 0.162. The average Bonchev–Trinajstić information content (AvgIpc) is 3.09. The molecule has 4 heterocycles. The predicted octanol–water partition coefficient (Wildman–Crippen LogP) is 3.19. The van der Waals surface area contributed by atoms with Crippen molar-refractivity contribution in [3.8, 4) is 5.75 Å². The van der Waals surface area contributed by atoms with Crippen molar-refractivity contribution in [1.29, 1.82) is 0 Å². The molecule has 0 aromatic carbocycles. The normalized spacial score (nSPS) is 14.8. The van der Waals surface area contributed by atoms with Crippen molar-refractivity contribution >= 4 is 34.4 Å². The van der Waals surface area contributed by atoms with Gasteiger partial charge in [-0.15, -0.1) is 0 Å². The molecule has 0 bridgehead atoms. The lowest BCUT2D eigenvalue weighted by Gasteiger charge is -2.23. The van der Waals surface area contributed by atoms with Gasteiger partial charge in [0.25, 0.3) is 0 Å². The summed E-state index contributed by atoms with van der Waals surface area (Å²) in [6.45, 7) is 5.36. The van der Waals surface area contributed by atoms with Gasteiger partial charge in [-0.05, 0) is 49.9 Å². The number of methoxy groups -OCH3 is 1. The molecular formula is C21H29ClN8O. The Morgan fingerprint density at radius 1 is 1.32 bits per heavy atom. The van der Waals surface area contributed by atoms with E-state index in [-0.39, 0.29) is 11.1 Å². The standard InChI is InChI=1S/C21H29ClN8O/c1-3-4-7-25-20-18-17(27-21(23)28-20)19(22)29-30(18)12-15-16(31-2)10-14(11-26-15)13-5-8-24-9-6-13/h10-11,13,24H,3-9,12H2,1-2H3,(H3,23,25,27,28). The highest BCUT2D eigenvalue weighted by atomic mass is 35.5. The van der Waals surface area contributed by atoms with Crippen molar-refractivity contribution in [2.24, 2.45) is 0 Å². The van der Waals surface area contributed by atoms with Crippen molar-refractivity contribution < 1.29 is 4.74 Å². The van der Waals surface area contributed by atoms with Crippen LogP contribution in [0.15, 0.2) is 12.3 Å². The Morgan fingerprint density at radius 2 is 2.13 bits per heavy atom. The first kappa shape index (κ1) is 21.6. The van der Waals surface area contributed by atoms with E-state index >= 15 is 0 Å². The number of aromatic nitrogens is 5. The summed E-state index contributed by atoms with van der Waals surface area (Å²) in [5, 5.41) is 11.5. The number of nitrogen functional groups attached to an aromatic ring is 1. The lowest BCUT2D eigenvalue weighted by Crippen LogP contribution is -2.26. The van der Waals surface area contributed by atoms with Crippen LogP contribution in [-0.2, 0) is 6.54 Å². The van der Waals surface area contributed by atoms with Gasteiger partial charge in [-0.1, -0.05) is 24.9 Å². The molecule has 1 saturated heterocycles. The van der Waals surface area contributed by atoms with Crippen molar-refractivity contribution in [3.63, 3.8) is 0 Å². The number of hydrogen-bond acceptors (Lipinski definition) is 8. The third-order valence-electron chi connectivity index (χ3n) is 5.67. The lowest BCUT2D eigenvalue weighted by molar-refractivity contribution is 0.400. The lowest BCUT2D eigenvalue weighted by atomic mass is 9.91. The smallest absolute Gasteiger partial charge is 0.222 e. The van der Waals surface area contributed by atoms with Crippen molar-refractivity contribution in [1.82, 2.24) is 30.0 Å². The summed E-state index contributed by atoms with van der Waals surface area (Å²) in [7, 11) is 1.67. The van der Waals surface area contributed by atoms with E-state index in [1.807, 2.05) is 6.20 Å². The van der Waals surface area contributed by atoms with Crippen LogP contribution in [0.25, 0.3) is 11.0 Å². The highest BCUT2D eigenvalue weighted by Gasteiger charge is 2.21. The van der Waals surface area contributed by atoms with Gasteiger partial charge >= 0.3 is 0 Å². The molecule has 1 fully saturated rings. The van der Waals surface area contributed by atoms with Crippen LogP contribution in [0.5, 0.6) is 5.75 Å². The van der Waals surface area contributed by atoms with E-state index in [1.54, 1.807) is 11.8 Å². The number of fused-ring (bicyclic) bond motifs is 1. The third-order valence-corrected chi connectivity index (χ3v) is 5.92. The van der Waals surface area contributed by atoms with Gasteiger partial charge < -0.3 is 21.1 Å². The minimum atomic E-state index is 0.162. The monoisotopic (exact) mass is 444 g/mol. The summed E-state index contributed by atoms with van der Waals surface area (Å²) in [5.41, 5.74) is 9.12. The molecule has 3 aromatic heterocycles. The summed E-state index contributed by atoms with van der Waals surface area (Å²) < 4.78 is 7.44. The first-order valence-corrected chi connectivity index (χ1v) is 11.2. The van der Waals surface area contributed by atoms with E-state index < -0.39 is 0 Å². The fourth-order valence-electron chi connectivity index (χ4n) is 3.99. The summed E-state index contributed by atoms with van der Waals surface area (Å²) in [6, 6.07) is 2.10. The van der Waals surface area contributed by atoms with E-state index in [1.165, 1.54) is 5.56 Å². The van der Waals surface area contributed by atoms with Crippen molar-refractivity contribution in [3.05, 3.63) is 28.7 Å². The van der Waals surface area contributed by atoms with Gasteiger partial charge in [0, 0.05) is 12.7 Å². The van der Waals surface area contributed by atoms with Crippen LogP contribution < -0.4 is 21.1 Å². The summed E-state index contributed by atoms with van der Waals surface area (Å²) in [5.74, 6) is 2.03. The fraction of sp³-hybridized carbons (Fsp3) is 0.524. The number of nitrogens with two attached hydrogens (primary N) is 1. The molecule has 31 heavy (non-hydrogen) atoms. The summed E-state index contributed by atoms with van der Waals surface area (Å²) in [6.07, 6.45) is 6.25. The van der Waals surface area contributed by atoms with Gasteiger partial charge in [-0.3, -0.25) is 9.67 Å². The Balaban J connectivity index is 1.67. The maximum Gasteiger partial charge on any atom is 0.222 e. The van der Waals surface area contributed by atoms with E-state index in [0.29, 0.717) is 29.3 Å². The van der Waals surface area contributed by atoms with Crippen LogP contribution in [0, 0.1) is 0 Å². The first-order valence-electron chi connectivity index (χ1n) is 10.8. The second-order valence-corrected chi connectivity index (χ2v) is 8.16. The molecule has 4 rings (SSSR count). The first-order chi connectivity index (χ1) is 15.1. The molecule has 0 unspecified atom stereocenters. The highest BCUT2D eigenvalue weighted by Crippen LogP contribution is 2.31. The Bertz CT molecular complexity index is 1050. The number of piperidine rings is 1. The Labute approximate surface area is 186 Å². The number of pyridine rings is 1. The van der Waals surface area contributed by atoms with Crippen molar-refractivity contribution in [2.75, 3.05) is 37.8 Å². The van der Waals surface area contributed by atoms with Crippen LogP contribution in [-0.4, -0.2) is 51.5 Å². The minimum Gasteiger partial charge on any atom is -0.495 e. The van der Waals surface area contributed by atoms with Gasteiger partial charge in [0.15, 0.2) is 11.0 Å². The second-order valence-electron chi connectivity index (χ2n) is 7.80. The average molecular weight is 445 g/mol. The zero-order valence-electron chi connectivity index (χ0n) is 18.0. The topological polar surface area (TPSA) is 116 Å². The molecular weight excluding hydrogens is 416 g/mol. The molecule has 0 amide bonds. The highest BCUT2D eigenvalue weighted by molar-refractivity contribution is 6.34. The number of halogens is 1. The van der Waals surface area contributed by atoms with E-state index in [0.717, 1.165) is 56.8 Å². The number of rotatable bonds is 8. The fourth-order valence-corrected chi connectivity index (χ4v) is 4.21. The molecule has 0 saturated carbocycles. The molecule has 1 aliphatic rings. The number of ether oxygens (including phenoxy) is 1. The third kappa shape index (κ3) is 4.67. The molecule has 3 aromatic rings. The zero-order valence-corrected chi connectivity index (χ0v) is 18.7. The molecule has 0 atom stereocenters. The van der Waals surface area contributed by atoms with E-state index in [9.17, 15) is 0 Å². The maximum atomic E-state index is 6.39. The molecule has 10 heteroatoms. The van der Waals surface area contributed by atoms with Crippen LogP contribution in [0.4, 0.5) is 11.8 Å². The Morgan fingerprint density at radius 3 is 2.87 bits per heavy atom. The molecule has 0 aliphatic carbocycles. The van der Waals surface area contributed by atoms with Gasteiger partial charge in [0.05, 0.1) is 13.7 Å².